The highest BCUT2D eigenvalue weighted by Gasteiger charge is 2.13. The molecule has 2 rings (SSSR count). The van der Waals surface area contributed by atoms with Gasteiger partial charge in [0.1, 0.15) is 0 Å². The van der Waals surface area contributed by atoms with Gasteiger partial charge < -0.3 is 5.73 Å². The van der Waals surface area contributed by atoms with Crippen LogP contribution >= 0.6 is 43.2 Å². The van der Waals surface area contributed by atoms with Gasteiger partial charge in [-0.1, -0.05) is 22.0 Å². The minimum absolute atomic E-state index is 0.0724. The van der Waals surface area contributed by atoms with Crippen LogP contribution in [-0.4, -0.2) is 0 Å². The summed E-state index contributed by atoms with van der Waals surface area (Å²) in [6.07, 6.45) is 0. The molecule has 0 saturated heterocycles. The van der Waals surface area contributed by atoms with Crippen LogP contribution in [0.4, 0.5) is 0 Å². The van der Waals surface area contributed by atoms with Crippen molar-refractivity contribution < 1.29 is 0 Å². The summed E-state index contributed by atoms with van der Waals surface area (Å²) < 4.78 is 2.16. The van der Waals surface area contributed by atoms with Crippen molar-refractivity contribution in [1.82, 2.24) is 0 Å². The van der Waals surface area contributed by atoms with Crippen molar-refractivity contribution in [2.75, 3.05) is 0 Å². The zero-order chi connectivity index (χ0) is 11.7. The molecule has 0 aliphatic heterocycles. The van der Waals surface area contributed by atoms with Crippen LogP contribution in [0.25, 0.3) is 0 Å². The van der Waals surface area contributed by atoms with E-state index in [1.807, 2.05) is 0 Å². The van der Waals surface area contributed by atoms with Crippen LogP contribution in [-0.2, 0) is 0 Å². The van der Waals surface area contributed by atoms with Crippen LogP contribution < -0.4 is 5.73 Å². The number of halogens is 2. The Hall–Kier alpha value is -0.160. The van der Waals surface area contributed by atoms with Gasteiger partial charge in [0, 0.05) is 14.3 Å². The average Bonchev–Trinajstić information content (AvgIpc) is 2.62. The molecule has 0 amide bonds. The molecule has 16 heavy (non-hydrogen) atoms. The van der Waals surface area contributed by atoms with Gasteiger partial charge in [-0.05, 0) is 57.1 Å². The van der Waals surface area contributed by atoms with E-state index in [2.05, 4.69) is 67.7 Å². The SMILES string of the molecule is Cc1cc(Br)cc(C(N)c2cscc2Br)c1. The first-order chi connectivity index (χ1) is 7.58. The molecule has 0 aliphatic carbocycles. The Morgan fingerprint density at radius 2 is 1.94 bits per heavy atom. The molecule has 0 bridgehead atoms. The number of benzene rings is 1. The number of aryl methyl sites for hydroxylation is 1. The van der Waals surface area contributed by atoms with Crippen molar-refractivity contribution in [3.05, 3.63) is 54.6 Å². The molecule has 1 atom stereocenters. The lowest BCUT2D eigenvalue weighted by atomic mass is 10.0. The summed E-state index contributed by atoms with van der Waals surface area (Å²) in [6, 6.07) is 6.21. The van der Waals surface area contributed by atoms with Gasteiger partial charge in [0.2, 0.25) is 0 Å². The summed E-state index contributed by atoms with van der Waals surface area (Å²) >= 11 is 8.68. The minimum atomic E-state index is -0.0724. The van der Waals surface area contributed by atoms with E-state index in [0.717, 1.165) is 20.1 Å². The lowest BCUT2D eigenvalue weighted by Crippen LogP contribution is -2.11. The predicted molar refractivity (Wildman–Crippen MR) is 76.9 cm³/mol. The standard InChI is InChI=1S/C12H11Br2NS/c1-7-2-8(4-9(13)3-7)12(15)10-5-16-6-11(10)14/h2-6,12H,15H2,1H3. The second-order valence-electron chi connectivity index (χ2n) is 3.71. The topological polar surface area (TPSA) is 26.0 Å². The predicted octanol–water partition coefficient (Wildman–Crippen LogP) is 4.63. The molecular formula is C12H11Br2NS. The van der Waals surface area contributed by atoms with Crippen LogP contribution in [0.15, 0.2) is 37.9 Å². The fraction of sp³-hybridized carbons (Fsp3) is 0.167. The van der Waals surface area contributed by atoms with E-state index in [-0.39, 0.29) is 6.04 Å². The lowest BCUT2D eigenvalue weighted by molar-refractivity contribution is 0.869. The van der Waals surface area contributed by atoms with Crippen molar-refractivity contribution in [3.63, 3.8) is 0 Å². The zero-order valence-electron chi connectivity index (χ0n) is 8.71. The van der Waals surface area contributed by atoms with E-state index >= 15 is 0 Å². The maximum absolute atomic E-state index is 6.26. The second kappa shape index (κ2) is 5.00. The van der Waals surface area contributed by atoms with Crippen LogP contribution in [0.5, 0.6) is 0 Å². The number of hydrogen-bond acceptors (Lipinski definition) is 2. The van der Waals surface area contributed by atoms with Crippen LogP contribution in [0, 0.1) is 6.92 Å². The summed E-state index contributed by atoms with van der Waals surface area (Å²) in [5, 5.41) is 4.14. The van der Waals surface area contributed by atoms with E-state index in [0.29, 0.717) is 0 Å². The molecule has 1 unspecified atom stereocenters. The minimum Gasteiger partial charge on any atom is -0.320 e. The number of hydrogen-bond donors (Lipinski definition) is 1. The van der Waals surface area contributed by atoms with Gasteiger partial charge in [-0.25, -0.2) is 0 Å². The third-order valence-corrected chi connectivity index (χ3v) is 4.61. The molecule has 0 aliphatic rings. The summed E-state index contributed by atoms with van der Waals surface area (Å²) in [5.41, 5.74) is 9.74. The van der Waals surface area contributed by atoms with Gasteiger partial charge in [0.15, 0.2) is 0 Å². The Morgan fingerprint density at radius 3 is 2.50 bits per heavy atom. The van der Waals surface area contributed by atoms with Crippen LogP contribution in [0.2, 0.25) is 0 Å². The molecular weight excluding hydrogens is 350 g/mol. The van der Waals surface area contributed by atoms with Crippen molar-refractivity contribution >= 4 is 43.2 Å². The third-order valence-electron chi connectivity index (χ3n) is 2.40. The average molecular weight is 361 g/mol. The van der Waals surface area contributed by atoms with E-state index < -0.39 is 0 Å². The molecule has 0 saturated carbocycles. The highest BCUT2D eigenvalue weighted by atomic mass is 79.9. The van der Waals surface area contributed by atoms with E-state index in [9.17, 15) is 0 Å². The van der Waals surface area contributed by atoms with Gasteiger partial charge in [-0.15, -0.1) is 0 Å². The Balaban J connectivity index is 2.41. The first-order valence-electron chi connectivity index (χ1n) is 4.82. The number of rotatable bonds is 2. The van der Waals surface area contributed by atoms with Crippen LogP contribution in [0.3, 0.4) is 0 Å². The first kappa shape index (κ1) is 12.3. The molecule has 1 nitrogen and oxygen atoms in total. The Morgan fingerprint density at radius 1 is 1.19 bits per heavy atom. The lowest BCUT2D eigenvalue weighted by Gasteiger charge is -2.13. The van der Waals surface area contributed by atoms with Crippen molar-refractivity contribution in [1.29, 1.82) is 0 Å². The van der Waals surface area contributed by atoms with Crippen molar-refractivity contribution in [2.45, 2.75) is 13.0 Å². The molecule has 2 N–H and O–H groups in total. The Kier molecular flexibility index (Phi) is 3.85. The fourth-order valence-corrected chi connectivity index (χ4v) is 3.84. The highest BCUT2D eigenvalue weighted by molar-refractivity contribution is 9.10. The second-order valence-corrected chi connectivity index (χ2v) is 6.23. The van der Waals surface area contributed by atoms with Gasteiger partial charge in [0.25, 0.3) is 0 Å². The Labute approximate surface area is 116 Å². The van der Waals surface area contributed by atoms with Crippen molar-refractivity contribution in [2.24, 2.45) is 5.73 Å². The van der Waals surface area contributed by atoms with Crippen molar-refractivity contribution in [3.8, 4) is 0 Å². The summed E-state index contributed by atoms with van der Waals surface area (Å²) in [6.45, 7) is 2.07. The molecule has 1 heterocycles. The molecule has 4 heteroatoms. The first-order valence-corrected chi connectivity index (χ1v) is 7.35. The molecule has 0 spiro atoms. The van der Waals surface area contributed by atoms with Gasteiger partial charge in [-0.2, -0.15) is 11.3 Å². The van der Waals surface area contributed by atoms with E-state index in [1.54, 1.807) is 11.3 Å². The zero-order valence-corrected chi connectivity index (χ0v) is 12.7. The largest absolute Gasteiger partial charge is 0.320 e. The fourth-order valence-electron chi connectivity index (χ4n) is 1.64. The van der Waals surface area contributed by atoms with E-state index in [4.69, 9.17) is 5.73 Å². The number of nitrogens with two attached hydrogens (primary N) is 1. The Bertz CT molecular complexity index is 487. The smallest absolute Gasteiger partial charge is 0.0571 e. The van der Waals surface area contributed by atoms with Gasteiger partial charge in [-0.3, -0.25) is 0 Å². The highest BCUT2D eigenvalue weighted by Crippen LogP contribution is 2.31. The van der Waals surface area contributed by atoms with E-state index in [1.165, 1.54) is 5.56 Å². The molecule has 1 aromatic heterocycles. The normalized spacial score (nSPS) is 12.8. The summed E-state index contributed by atoms with van der Waals surface area (Å²) in [4.78, 5) is 0. The van der Waals surface area contributed by atoms with Gasteiger partial charge in [0.05, 0.1) is 6.04 Å². The van der Waals surface area contributed by atoms with Crippen LogP contribution in [0.1, 0.15) is 22.7 Å². The molecule has 84 valence electrons. The number of thiophene rings is 1. The van der Waals surface area contributed by atoms with Gasteiger partial charge >= 0.3 is 0 Å². The monoisotopic (exact) mass is 359 g/mol. The maximum atomic E-state index is 6.26. The summed E-state index contributed by atoms with van der Waals surface area (Å²) in [7, 11) is 0. The maximum Gasteiger partial charge on any atom is 0.0571 e. The molecule has 0 radical (unpaired) electrons. The molecule has 1 aromatic carbocycles. The summed E-state index contributed by atoms with van der Waals surface area (Å²) in [5.74, 6) is 0. The third kappa shape index (κ3) is 2.56. The molecule has 2 aromatic rings. The quantitative estimate of drug-likeness (QED) is 0.830. The molecule has 0 fully saturated rings.